The van der Waals surface area contributed by atoms with E-state index in [1.807, 2.05) is 4.90 Å². The largest absolute Gasteiger partial charge is 0.355 e. The number of aromatic nitrogens is 1. The predicted molar refractivity (Wildman–Crippen MR) is 115 cm³/mol. The number of ketones is 2. The van der Waals surface area contributed by atoms with Gasteiger partial charge in [-0.05, 0) is 63.9 Å². The molecule has 1 aromatic carbocycles. The highest BCUT2D eigenvalue weighted by atomic mass is 32.2. The van der Waals surface area contributed by atoms with Crippen molar-refractivity contribution in [3.63, 3.8) is 0 Å². The van der Waals surface area contributed by atoms with Gasteiger partial charge in [-0.25, -0.2) is 12.8 Å². The van der Waals surface area contributed by atoms with E-state index in [1.54, 1.807) is 20.8 Å². The van der Waals surface area contributed by atoms with Gasteiger partial charge in [0.1, 0.15) is 5.82 Å². The summed E-state index contributed by atoms with van der Waals surface area (Å²) in [5.41, 5.74) is 2.29. The summed E-state index contributed by atoms with van der Waals surface area (Å²) in [7, 11) is -3.73. The molecule has 1 aliphatic rings. The number of aryl methyl sites for hydroxylation is 1. The maximum absolute atomic E-state index is 13.2. The molecule has 1 N–H and O–H groups in total. The molecule has 168 valence electrons. The third kappa shape index (κ3) is 4.63. The summed E-state index contributed by atoms with van der Waals surface area (Å²) in [5.74, 6) is -0.701. The van der Waals surface area contributed by atoms with Gasteiger partial charge in [-0.15, -0.1) is 0 Å². The van der Waals surface area contributed by atoms with Crippen molar-refractivity contribution in [3.05, 3.63) is 52.6 Å². The maximum atomic E-state index is 13.2. The molecule has 1 unspecified atom stereocenters. The lowest BCUT2D eigenvalue weighted by atomic mass is 10.0. The monoisotopic (exact) mass is 449 g/mol. The predicted octanol–water partition coefficient (Wildman–Crippen LogP) is 2.94. The fraction of sp³-hybridized carbons (Fsp3) is 0.455. The van der Waals surface area contributed by atoms with Crippen LogP contribution < -0.4 is 0 Å². The second-order valence-electron chi connectivity index (χ2n) is 7.97. The first-order valence-corrected chi connectivity index (χ1v) is 11.7. The van der Waals surface area contributed by atoms with Crippen LogP contribution in [0.2, 0.25) is 0 Å². The Bertz CT molecular complexity index is 1090. The number of halogens is 1. The molecule has 0 amide bonds. The number of aromatic amines is 1. The van der Waals surface area contributed by atoms with Gasteiger partial charge in [0.15, 0.2) is 11.6 Å². The van der Waals surface area contributed by atoms with Crippen LogP contribution in [-0.4, -0.2) is 66.4 Å². The number of rotatable bonds is 6. The van der Waals surface area contributed by atoms with E-state index in [0.717, 1.165) is 12.1 Å². The van der Waals surface area contributed by atoms with E-state index in [0.29, 0.717) is 48.6 Å². The molecule has 1 saturated heterocycles. The zero-order valence-electron chi connectivity index (χ0n) is 18.2. The number of carbonyl (C=O) groups is 2. The van der Waals surface area contributed by atoms with Crippen molar-refractivity contribution < 1.29 is 22.4 Å². The Morgan fingerprint density at radius 3 is 2.29 bits per heavy atom. The molecule has 0 bridgehead atoms. The summed E-state index contributed by atoms with van der Waals surface area (Å²) in [6, 6.07) is 4.33. The molecule has 1 fully saturated rings. The normalized spacial score (nSPS) is 17.3. The minimum absolute atomic E-state index is 0.0562. The lowest BCUT2D eigenvalue weighted by molar-refractivity contribution is 0.0840. The number of carbonyl (C=O) groups excluding carboxylic acids is 2. The van der Waals surface area contributed by atoms with Crippen LogP contribution in [0.3, 0.4) is 0 Å². The molecule has 0 radical (unpaired) electrons. The molecular weight excluding hydrogens is 421 g/mol. The quantitative estimate of drug-likeness (QED) is 0.685. The molecule has 0 spiro atoms. The molecule has 1 atom stereocenters. The second kappa shape index (κ2) is 9.02. The SMILES string of the molecule is CC(=O)c1c(C)[nH]c(C(=O)C(C)N2CCCN(S(=O)(=O)c3ccc(F)cc3)CC2)c1C. The van der Waals surface area contributed by atoms with E-state index in [1.165, 1.54) is 23.4 Å². The smallest absolute Gasteiger partial charge is 0.243 e. The fourth-order valence-electron chi connectivity index (χ4n) is 4.20. The van der Waals surface area contributed by atoms with Gasteiger partial charge in [-0.3, -0.25) is 14.5 Å². The van der Waals surface area contributed by atoms with Crippen LogP contribution in [0.25, 0.3) is 0 Å². The van der Waals surface area contributed by atoms with Gasteiger partial charge in [-0.2, -0.15) is 4.31 Å². The highest BCUT2D eigenvalue weighted by molar-refractivity contribution is 7.89. The van der Waals surface area contributed by atoms with E-state index in [2.05, 4.69) is 4.98 Å². The highest BCUT2D eigenvalue weighted by Gasteiger charge is 2.31. The van der Waals surface area contributed by atoms with Gasteiger partial charge in [0.25, 0.3) is 0 Å². The van der Waals surface area contributed by atoms with Crippen molar-refractivity contribution in [2.24, 2.45) is 0 Å². The van der Waals surface area contributed by atoms with Crippen LogP contribution in [0.1, 0.15) is 52.4 Å². The number of H-pyrrole nitrogens is 1. The van der Waals surface area contributed by atoms with Crippen molar-refractivity contribution in [3.8, 4) is 0 Å². The Balaban J connectivity index is 1.75. The third-order valence-electron chi connectivity index (χ3n) is 5.90. The van der Waals surface area contributed by atoms with Gasteiger partial charge in [0.2, 0.25) is 10.0 Å². The Hall–Kier alpha value is -2.36. The Labute approximate surface area is 182 Å². The average molecular weight is 450 g/mol. The number of sulfonamides is 1. The molecule has 0 saturated carbocycles. The van der Waals surface area contributed by atoms with Gasteiger partial charge in [0.05, 0.1) is 16.6 Å². The van der Waals surface area contributed by atoms with Crippen molar-refractivity contribution in [2.45, 2.75) is 45.1 Å². The molecule has 3 rings (SSSR count). The fourth-order valence-corrected chi connectivity index (χ4v) is 5.67. The van der Waals surface area contributed by atoms with Crippen LogP contribution in [0.5, 0.6) is 0 Å². The van der Waals surface area contributed by atoms with Crippen LogP contribution >= 0.6 is 0 Å². The molecule has 2 heterocycles. The first-order valence-electron chi connectivity index (χ1n) is 10.3. The number of hydrogen-bond donors (Lipinski definition) is 1. The Kier molecular flexibility index (Phi) is 6.78. The van der Waals surface area contributed by atoms with E-state index in [9.17, 15) is 22.4 Å². The average Bonchev–Trinajstić information content (AvgIpc) is 2.88. The highest BCUT2D eigenvalue weighted by Crippen LogP contribution is 2.23. The summed E-state index contributed by atoms with van der Waals surface area (Å²) in [6.45, 7) is 8.34. The van der Waals surface area contributed by atoms with Gasteiger partial charge in [0, 0.05) is 37.4 Å². The zero-order valence-corrected chi connectivity index (χ0v) is 19.1. The van der Waals surface area contributed by atoms with Crippen molar-refractivity contribution >= 4 is 21.6 Å². The van der Waals surface area contributed by atoms with E-state index < -0.39 is 21.9 Å². The topological polar surface area (TPSA) is 90.6 Å². The van der Waals surface area contributed by atoms with Crippen molar-refractivity contribution in [1.82, 2.24) is 14.2 Å². The van der Waals surface area contributed by atoms with Gasteiger partial charge >= 0.3 is 0 Å². The summed E-state index contributed by atoms with van der Waals surface area (Å²) < 4.78 is 40.4. The minimum atomic E-state index is -3.73. The van der Waals surface area contributed by atoms with Crippen molar-refractivity contribution in [2.75, 3.05) is 26.2 Å². The second-order valence-corrected chi connectivity index (χ2v) is 9.91. The molecule has 1 aromatic heterocycles. The summed E-state index contributed by atoms with van der Waals surface area (Å²) in [5, 5.41) is 0. The lowest BCUT2D eigenvalue weighted by Gasteiger charge is -2.26. The number of benzene rings is 1. The molecule has 2 aromatic rings. The summed E-state index contributed by atoms with van der Waals surface area (Å²) in [6.07, 6.45) is 0.569. The summed E-state index contributed by atoms with van der Waals surface area (Å²) >= 11 is 0. The van der Waals surface area contributed by atoms with E-state index in [-0.39, 0.29) is 23.0 Å². The lowest BCUT2D eigenvalue weighted by Crippen LogP contribution is -2.42. The van der Waals surface area contributed by atoms with Gasteiger partial charge < -0.3 is 4.98 Å². The van der Waals surface area contributed by atoms with Gasteiger partial charge in [-0.1, -0.05) is 0 Å². The number of nitrogens with zero attached hydrogens (tertiary/aromatic N) is 2. The minimum Gasteiger partial charge on any atom is -0.355 e. The first kappa shape index (κ1) is 23.3. The number of nitrogens with one attached hydrogen (secondary N) is 1. The molecule has 7 nitrogen and oxygen atoms in total. The van der Waals surface area contributed by atoms with E-state index >= 15 is 0 Å². The molecule has 0 aliphatic carbocycles. The maximum Gasteiger partial charge on any atom is 0.243 e. The Morgan fingerprint density at radius 1 is 1.06 bits per heavy atom. The zero-order chi connectivity index (χ0) is 22.9. The third-order valence-corrected chi connectivity index (χ3v) is 7.82. The molecule has 31 heavy (non-hydrogen) atoms. The summed E-state index contributed by atoms with van der Waals surface area (Å²) in [4.78, 5) is 30.1. The van der Waals surface area contributed by atoms with Crippen LogP contribution in [0.4, 0.5) is 4.39 Å². The molecule has 9 heteroatoms. The number of Topliss-reactive ketones (excluding diaryl/α,β-unsaturated/α-hetero) is 2. The van der Waals surface area contributed by atoms with Crippen LogP contribution in [0.15, 0.2) is 29.2 Å². The molecular formula is C22H28FN3O4S. The standard InChI is InChI=1S/C22H28FN3O4S/c1-14-20(17(4)27)15(2)24-21(14)22(28)16(3)25-10-5-11-26(13-12-25)31(29,30)19-8-6-18(23)7-9-19/h6-9,16,24H,5,10-13H2,1-4H3. The van der Waals surface area contributed by atoms with Crippen LogP contribution in [-0.2, 0) is 10.0 Å². The van der Waals surface area contributed by atoms with Crippen molar-refractivity contribution in [1.29, 1.82) is 0 Å². The van der Waals surface area contributed by atoms with E-state index in [4.69, 9.17) is 0 Å². The molecule has 1 aliphatic heterocycles. The van der Waals surface area contributed by atoms with Crippen LogP contribution in [0, 0.1) is 19.7 Å². The first-order chi connectivity index (χ1) is 14.5. The Morgan fingerprint density at radius 2 is 1.71 bits per heavy atom. The number of hydrogen-bond acceptors (Lipinski definition) is 5.